The van der Waals surface area contributed by atoms with Gasteiger partial charge in [0.2, 0.25) is 5.91 Å². The zero-order chi connectivity index (χ0) is 15.9. The summed E-state index contributed by atoms with van der Waals surface area (Å²) in [5, 5.41) is 4.06. The predicted octanol–water partition coefficient (Wildman–Crippen LogP) is 2.62. The van der Waals surface area contributed by atoms with E-state index in [2.05, 4.69) is 10.2 Å². The molecule has 1 amide bonds. The summed E-state index contributed by atoms with van der Waals surface area (Å²) in [6.07, 6.45) is 1.33. The molecule has 4 nitrogen and oxygen atoms in total. The van der Waals surface area contributed by atoms with Gasteiger partial charge in [-0.3, -0.25) is 4.79 Å². The van der Waals surface area contributed by atoms with Crippen LogP contribution in [-0.4, -0.2) is 50.7 Å². The molecule has 0 bridgehead atoms. The smallest absolute Gasteiger partial charge is 0.224 e. The molecule has 1 aliphatic rings. The lowest BCUT2D eigenvalue weighted by atomic mass is 10.1. The van der Waals surface area contributed by atoms with Gasteiger partial charge in [-0.25, -0.2) is 0 Å². The van der Waals surface area contributed by atoms with Gasteiger partial charge in [0.15, 0.2) is 0 Å². The first-order valence-corrected chi connectivity index (χ1v) is 8.26. The summed E-state index contributed by atoms with van der Waals surface area (Å²) >= 11 is 12.2. The van der Waals surface area contributed by atoms with Gasteiger partial charge in [-0.05, 0) is 36.6 Å². The molecule has 0 aromatic heterocycles. The normalized spacial score (nSPS) is 18.6. The highest BCUT2D eigenvalue weighted by Gasteiger charge is 2.22. The van der Waals surface area contributed by atoms with Crippen LogP contribution >= 0.6 is 23.2 Å². The highest BCUT2D eigenvalue weighted by Crippen LogP contribution is 2.24. The van der Waals surface area contributed by atoms with Crippen LogP contribution in [0.4, 0.5) is 0 Å². The summed E-state index contributed by atoms with van der Waals surface area (Å²) in [6.45, 7) is 4.49. The maximum atomic E-state index is 12.1. The van der Waals surface area contributed by atoms with Gasteiger partial charge in [0.1, 0.15) is 0 Å². The molecular weight excluding hydrogens is 323 g/mol. The molecule has 0 unspecified atom stereocenters. The average molecular weight is 345 g/mol. The van der Waals surface area contributed by atoms with Crippen LogP contribution in [0.15, 0.2) is 18.2 Å². The monoisotopic (exact) mass is 344 g/mol. The van der Waals surface area contributed by atoms with Crippen molar-refractivity contribution in [3.8, 4) is 0 Å². The third-order valence-corrected chi connectivity index (χ3v) is 4.68. The van der Waals surface area contributed by atoms with E-state index in [1.54, 1.807) is 25.3 Å². The van der Waals surface area contributed by atoms with Gasteiger partial charge in [-0.15, -0.1) is 0 Å². The Hall–Kier alpha value is -0.810. The van der Waals surface area contributed by atoms with Crippen LogP contribution in [0.5, 0.6) is 0 Å². The Labute approximate surface area is 141 Å². The minimum Gasteiger partial charge on any atom is -0.383 e. The van der Waals surface area contributed by atoms with Crippen LogP contribution in [0, 0.1) is 5.92 Å². The van der Waals surface area contributed by atoms with Crippen molar-refractivity contribution in [1.29, 1.82) is 0 Å². The molecular formula is C16H22Cl2N2O2. The van der Waals surface area contributed by atoms with Crippen LogP contribution < -0.4 is 5.32 Å². The Morgan fingerprint density at radius 1 is 1.41 bits per heavy atom. The van der Waals surface area contributed by atoms with Crippen LogP contribution in [0.2, 0.25) is 10.0 Å². The molecule has 0 aliphatic carbocycles. The Bertz CT molecular complexity index is 491. The van der Waals surface area contributed by atoms with Gasteiger partial charge >= 0.3 is 0 Å². The fourth-order valence-corrected chi connectivity index (χ4v) is 3.22. The number of methoxy groups -OCH3 is 1. The third-order valence-electron chi connectivity index (χ3n) is 3.97. The molecule has 1 N–H and O–H groups in total. The first-order chi connectivity index (χ1) is 10.6. The average Bonchev–Trinajstić information content (AvgIpc) is 2.95. The molecule has 0 spiro atoms. The summed E-state index contributed by atoms with van der Waals surface area (Å²) in [4.78, 5) is 14.4. The standard InChI is InChI=1S/C16H22Cl2N2O2/c1-22-8-7-20-6-5-12(11-20)10-19-16(21)9-13-14(17)3-2-4-15(13)18/h2-4,12H,5-11H2,1H3,(H,19,21)/t12-/m0/s1. The maximum Gasteiger partial charge on any atom is 0.224 e. The van der Waals surface area contributed by atoms with E-state index in [1.165, 1.54) is 0 Å². The molecule has 1 saturated heterocycles. The number of hydrogen-bond donors (Lipinski definition) is 1. The van der Waals surface area contributed by atoms with E-state index in [9.17, 15) is 4.79 Å². The van der Waals surface area contributed by atoms with Crippen molar-refractivity contribution < 1.29 is 9.53 Å². The lowest BCUT2D eigenvalue weighted by molar-refractivity contribution is -0.120. The van der Waals surface area contributed by atoms with Crippen molar-refractivity contribution in [3.05, 3.63) is 33.8 Å². The van der Waals surface area contributed by atoms with Crippen molar-refractivity contribution in [2.75, 3.05) is 39.9 Å². The predicted molar refractivity (Wildman–Crippen MR) is 89.6 cm³/mol. The lowest BCUT2D eigenvalue weighted by Gasteiger charge is -2.15. The second kappa shape index (κ2) is 8.73. The number of carbonyl (C=O) groups excluding carboxylic acids is 1. The summed E-state index contributed by atoms with van der Waals surface area (Å²) in [6, 6.07) is 5.28. The first kappa shape index (κ1) is 17.5. The SMILES string of the molecule is COCCN1CC[C@@H](CNC(=O)Cc2c(Cl)cccc2Cl)C1. The van der Waals surface area contributed by atoms with Crippen LogP contribution in [0.25, 0.3) is 0 Å². The van der Waals surface area contributed by atoms with Gasteiger partial charge in [0.25, 0.3) is 0 Å². The number of amides is 1. The fraction of sp³-hybridized carbons (Fsp3) is 0.562. The summed E-state index contributed by atoms with van der Waals surface area (Å²) < 4.78 is 5.09. The molecule has 2 rings (SSSR count). The van der Waals surface area contributed by atoms with E-state index >= 15 is 0 Å². The van der Waals surface area contributed by atoms with E-state index in [4.69, 9.17) is 27.9 Å². The number of carbonyl (C=O) groups is 1. The van der Waals surface area contributed by atoms with E-state index < -0.39 is 0 Å². The number of rotatable bonds is 7. The Morgan fingerprint density at radius 3 is 2.82 bits per heavy atom. The molecule has 1 aliphatic heterocycles. The minimum absolute atomic E-state index is 0.0367. The molecule has 1 heterocycles. The topological polar surface area (TPSA) is 41.6 Å². The van der Waals surface area contributed by atoms with Crippen molar-refractivity contribution >= 4 is 29.1 Å². The Kier molecular flexibility index (Phi) is 6.96. The number of nitrogens with zero attached hydrogens (tertiary/aromatic N) is 1. The van der Waals surface area contributed by atoms with Crippen molar-refractivity contribution in [2.45, 2.75) is 12.8 Å². The summed E-state index contributed by atoms with van der Waals surface area (Å²) in [7, 11) is 1.72. The molecule has 1 atom stereocenters. The highest BCUT2D eigenvalue weighted by atomic mass is 35.5. The fourth-order valence-electron chi connectivity index (χ4n) is 2.69. The number of benzene rings is 1. The van der Waals surface area contributed by atoms with E-state index in [0.717, 1.165) is 32.7 Å². The largest absolute Gasteiger partial charge is 0.383 e. The van der Waals surface area contributed by atoms with Gasteiger partial charge in [0, 0.05) is 36.8 Å². The molecule has 0 radical (unpaired) electrons. The lowest BCUT2D eigenvalue weighted by Crippen LogP contribution is -2.32. The van der Waals surface area contributed by atoms with E-state index in [-0.39, 0.29) is 12.3 Å². The molecule has 122 valence electrons. The minimum atomic E-state index is -0.0367. The van der Waals surface area contributed by atoms with Crippen LogP contribution in [0.3, 0.4) is 0 Å². The zero-order valence-electron chi connectivity index (χ0n) is 12.8. The Morgan fingerprint density at radius 2 is 2.14 bits per heavy atom. The molecule has 1 aromatic carbocycles. The maximum absolute atomic E-state index is 12.1. The molecule has 22 heavy (non-hydrogen) atoms. The van der Waals surface area contributed by atoms with Crippen LogP contribution in [-0.2, 0) is 16.0 Å². The number of hydrogen-bond acceptors (Lipinski definition) is 3. The first-order valence-electron chi connectivity index (χ1n) is 7.51. The number of nitrogens with one attached hydrogen (secondary N) is 1. The van der Waals surface area contributed by atoms with Crippen molar-refractivity contribution in [2.24, 2.45) is 5.92 Å². The van der Waals surface area contributed by atoms with Gasteiger partial charge in [0.05, 0.1) is 13.0 Å². The number of likely N-dealkylation sites (tertiary alicyclic amines) is 1. The summed E-state index contributed by atoms with van der Waals surface area (Å²) in [5.41, 5.74) is 0.691. The van der Waals surface area contributed by atoms with E-state index in [0.29, 0.717) is 28.1 Å². The van der Waals surface area contributed by atoms with Gasteiger partial charge in [-0.1, -0.05) is 29.3 Å². The summed E-state index contributed by atoms with van der Waals surface area (Å²) in [5.74, 6) is 0.466. The molecule has 1 aromatic rings. The van der Waals surface area contributed by atoms with Gasteiger partial charge < -0.3 is 15.0 Å². The Balaban J connectivity index is 1.75. The van der Waals surface area contributed by atoms with Gasteiger partial charge in [-0.2, -0.15) is 0 Å². The van der Waals surface area contributed by atoms with Crippen molar-refractivity contribution in [3.63, 3.8) is 0 Å². The zero-order valence-corrected chi connectivity index (χ0v) is 14.3. The quantitative estimate of drug-likeness (QED) is 0.826. The van der Waals surface area contributed by atoms with Crippen molar-refractivity contribution in [1.82, 2.24) is 10.2 Å². The molecule has 1 fully saturated rings. The highest BCUT2D eigenvalue weighted by molar-refractivity contribution is 6.36. The second-order valence-electron chi connectivity index (χ2n) is 5.63. The van der Waals surface area contributed by atoms with Crippen LogP contribution in [0.1, 0.15) is 12.0 Å². The second-order valence-corrected chi connectivity index (χ2v) is 6.44. The number of ether oxygens (including phenoxy) is 1. The molecule has 0 saturated carbocycles. The third kappa shape index (κ3) is 5.13. The number of halogens is 2. The molecule has 6 heteroatoms. The van der Waals surface area contributed by atoms with E-state index in [1.807, 2.05) is 0 Å².